The molecule has 0 spiro atoms. The molecule has 1 heterocycles. The van der Waals surface area contributed by atoms with Gasteiger partial charge in [0.25, 0.3) is 0 Å². The van der Waals surface area contributed by atoms with E-state index in [1.807, 2.05) is 13.1 Å². The summed E-state index contributed by atoms with van der Waals surface area (Å²) in [5.41, 5.74) is 3.67. The Morgan fingerprint density at radius 2 is 2.18 bits per heavy atom. The smallest absolute Gasteiger partial charge is 0.224 e. The fourth-order valence-electron chi connectivity index (χ4n) is 2.22. The fraction of sp³-hybridized carbons (Fsp3) is 0.500. The summed E-state index contributed by atoms with van der Waals surface area (Å²) in [6.07, 6.45) is 5.06. The normalized spacial score (nSPS) is 14.3. The number of fused-ring (bicyclic) bond motifs is 1. The molecule has 17 heavy (non-hydrogen) atoms. The van der Waals surface area contributed by atoms with Crippen LogP contribution in [0.5, 0.6) is 0 Å². The number of anilines is 1. The van der Waals surface area contributed by atoms with E-state index in [-0.39, 0.29) is 5.91 Å². The van der Waals surface area contributed by atoms with E-state index >= 15 is 0 Å². The highest BCUT2D eigenvalue weighted by Crippen LogP contribution is 2.24. The van der Waals surface area contributed by atoms with Crippen LogP contribution in [0.15, 0.2) is 18.2 Å². The Bertz CT molecular complexity index is 401. The minimum absolute atomic E-state index is 0.138. The molecule has 0 aromatic heterocycles. The first-order valence-electron chi connectivity index (χ1n) is 6.36. The third-order valence-electron chi connectivity index (χ3n) is 3.21. The molecule has 1 aliphatic rings. The summed E-state index contributed by atoms with van der Waals surface area (Å²) in [5, 5.41) is 6.08. The van der Waals surface area contributed by atoms with Gasteiger partial charge in [0.2, 0.25) is 5.91 Å². The standard InChI is InChI=1S/C14H20N2O/c1-15-9-3-2-4-11-5-7-13-12(10-11)6-8-14(17)16-13/h5,7,10,15H,2-4,6,8-9H2,1H3,(H,16,17). The van der Waals surface area contributed by atoms with Gasteiger partial charge in [-0.25, -0.2) is 0 Å². The highest BCUT2D eigenvalue weighted by Gasteiger charge is 2.14. The molecule has 0 atom stereocenters. The SMILES string of the molecule is CNCCCCc1ccc2c(c1)CCC(=O)N2. The molecule has 2 rings (SSSR count). The van der Waals surface area contributed by atoms with E-state index in [4.69, 9.17) is 0 Å². The van der Waals surface area contributed by atoms with Gasteiger partial charge in [-0.1, -0.05) is 12.1 Å². The molecule has 0 unspecified atom stereocenters. The van der Waals surface area contributed by atoms with E-state index < -0.39 is 0 Å². The predicted octanol–water partition coefficient (Wildman–Crippen LogP) is 2.11. The fourth-order valence-corrected chi connectivity index (χ4v) is 2.22. The Kier molecular flexibility index (Phi) is 4.15. The van der Waals surface area contributed by atoms with E-state index in [1.165, 1.54) is 24.0 Å². The molecule has 0 radical (unpaired) electrons. The summed E-state index contributed by atoms with van der Waals surface area (Å²) in [5.74, 6) is 0.138. The van der Waals surface area contributed by atoms with E-state index in [2.05, 4.69) is 22.8 Å². The van der Waals surface area contributed by atoms with Gasteiger partial charge in [-0.2, -0.15) is 0 Å². The molecule has 0 saturated heterocycles. The third kappa shape index (κ3) is 3.30. The molecule has 2 N–H and O–H groups in total. The van der Waals surface area contributed by atoms with Gasteiger partial charge >= 0.3 is 0 Å². The zero-order chi connectivity index (χ0) is 12.1. The van der Waals surface area contributed by atoms with Gasteiger partial charge in [0, 0.05) is 12.1 Å². The van der Waals surface area contributed by atoms with Crippen LogP contribution in [0.2, 0.25) is 0 Å². The van der Waals surface area contributed by atoms with E-state index in [9.17, 15) is 4.79 Å². The average molecular weight is 232 g/mol. The lowest BCUT2D eigenvalue weighted by Gasteiger charge is -2.17. The lowest BCUT2D eigenvalue weighted by molar-refractivity contribution is -0.116. The molecule has 0 fully saturated rings. The van der Waals surface area contributed by atoms with Crippen molar-refractivity contribution in [3.8, 4) is 0 Å². The zero-order valence-electron chi connectivity index (χ0n) is 10.4. The van der Waals surface area contributed by atoms with E-state index in [0.29, 0.717) is 6.42 Å². The van der Waals surface area contributed by atoms with Gasteiger partial charge < -0.3 is 10.6 Å². The minimum Gasteiger partial charge on any atom is -0.326 e. The van der Waals surface area contributed by atoms with Crippen LogP contribution >= 0.6 is 0 Å². The first-order valence-corrected chi connectivity index (χ1v) is 6.36. The van der Waals surface area contributed by atoms with Crippen LogP contribution in [0.25, 0.3) is 0 Å². The van der Waals surface area contributed by atoms with Gasteiger partial charge in [0.05, 0.1) is 0 Å². The molecule has 1 aliphatic heterocycles. The Hall–Kier alpha value is -1.35. The number of rotatable bonds is 5. The number of hydrogen-bond donors (Lipinski definition) is 2. The largest absolute Gasteiger partial charge is 0.326 e. The van der Waals surface area contributed by atoms with Crippen LogP contribution in [0.4, 0.5) is 5.69 Å². The number of carbonyl (C=O) groups excluding carboxylic acids is 1. The maximum absolute atomic E-state index is 11.2. The summed E-state index contributed by atoms with van der Waals surface area (Å²) in [7, 11) is 1.99. The van der Waals surface area contributed by atoms with Crippen molar-refractivity contribution in [3.63, 3.8) is 0 Å². The predicted molar refractivity (Wildman–Crippen MR) is 70.3 cm³/mol. The maximum Gasteiger partial charge on any atom is 0.224 e. The van der Waals surface area contributed by atoms with Crippen molar-refractivity contribution in [2.75, 3.05) is 18.9 Å². The highest BCUT2D eigenvalue weighted by molar-refractivity contribution is 5.93. The number of benzene rings is 1. The Labute approximate surface area is 103 Å². The van der Waals surface area contributed by atoms with Crippen LogP contribution < -0.4 is 10.6 Å². The minimum atomic E-state index is 0.138. The number of hydrogen-bond acceptors (Lipinski definition) is 2. The van der Waals surface area contributed by atoms with Gasteiger partial charge in [-0.05, 0) is 56.5 Å². The van der Waals surface area contributed by atoms with Crippen molar-refractivity contribution >= 4 is 11.6 Å². The molecule has 1 aromatic rings. The quantitative estimate of drug-likeness (QED) is 0.763. The Morgan fingerprint density at radius 3 is 3.00 bits per heavy atom. The second-order valence-corrected chi connectivity index (χ2v) is 4.60. The van der Waals surface area contributed by atoms with Crippen LogP contribution in [0.1, 0.15) is 30.4 Å². The molecule has 1 aromatic carbocycles. The number of unbranched alkanes of at least 4 members (excludes halogenated alkanes) is 1. The number of nitrogens with one attached hydrogen (secondary N) is 2. The van der Waals surface area contributed by atoms with Crippen molar-refractivity contribution in [3.05, 3.63) is 29.3 Å². The summed E-state index contributed by atoms with van der Waals surface area (Å²) in [6, 6.07) is 6.41. The first-order chi connectivity index (χ1) is 8.29. The van der Waals surface area contributed by atoms with Gasteiger partial charge in [-0.3, -0.25) is 4.79 Å². The van der Waals surface area contributed by atoms with Crippen molar-refractivity contribution in [2.45, 2.75) is 32.1 Å². The van der Waals surface area contributed by atoms with E-state index in [0.717, 1.165) is 25.1 Å². The summed E-state index contributed by atoms with van der Waals surface area (Å²) in [6.45, 7) is 1.08. The summed E-state index contributed by atoms with van der Waals surface area (Å²) in [4.78, 5) is 11.2. The number of carbonyl (C=O) groups is 1. The van der Waals surface area contributed by atoms with Crippen molar-refractivity contribution in [1.82, 2.24) is 5.32 Å². The zero-order valence-corrected chi connectivity index (χ0v) is 10.4. The van der Waals surface area contributed by atoms with Crippen LogP contribution in [0, 0.1) is 0 Å². The second-order valence-electron chi connectivity index (χ2n) is 4.60. The van der Waals surface area contributed by atoms with Crippen LogP contribution in [-0.2, 0) is 17.6 Å². The van der Waals surface area contributed by atoms with Crippen LogP contribution in [0.3, 0.4) is 0 Å². The first kappa shape index (κ1) is 12.1. The van der Waals surface area contributed by atoms with Crippen molar-refractivity contribution in [2.24, 2.45) is 0 Å². The molecular formula is C14H20N2O. The summed E-state index contributed by atoms with van der Waals surface area (Å²) < 4.78 is 0. The van der Waals surface area contributed by atoms with E-state index in [1.54, 1.807) is 0 Å². The molecule has 0 bridgehead atoms. The van der Waals surface area contributed by atoms with Gasteiger partial charge in [-0.15, -0.1) is 0 Å². The average Bonchev–Trinajstić information content (AvgIpc) is 2.35. The molecule has 0 aliphatic carbocycles. The van der Waals surface area contributed by atoms with Crippen molar-refractivity contribution in [1.29, 1.82) is 0 Å². The Morgan fingerprint density at radius 1 is 1.29 bits per heavy atom. The lowest BCUT2D eigenvalue weighted by Crippen LogP contribution is -2.18. The third-order valence-corrected chi connectivity index (χ3v) is 3.21. The molecule has 3 nitrogen and oxygen atoms in total. The Balaban J connectivity index is 1.94. The monoisotopic (exact) mass is 232 g/mol. The highest BCUT2D eigenvalue weighted by atomic mass is 16.1. The molecule has 0 saturated carbocycles. The second kappa shape index (κ2) is 5.82. The lowest BCUT2D eigenvalue weighted by atomic mass is 9.98. The molecule has 1 amide bonds. The number of aryl methyl sites for hydroxylation is 2. The summed E-state index contributed by atoms with van der Waals surface area (Å²) >= 11 is 0. The van der Waals surface area contributed by atoms with Crippen molar-refractivity contribution < 1.29 is 4.79 Å². The van der Waals surface area contributed by atoms with Gasteiger partial charge in [0.15, 0.2) is 0 Å². The van der Waals surface area contributed by atoms with Crippen LogP contribution in [-0.4, -0.2) is 19.5 Å². The maximum atomic E-state index is 11.2. The molecule has 3 heteroatoms. The van der Waals surface area contributed by atoms with Gasteiger partial charge in [0.1, 0.15) is 0 Å². The molecule has 92 valence electrons. The number of amides is 1. The topological polar surface area (TPSA) is 41.1 Å². The molecular weight excluding hydrogens is 212 g/mol.